The van der Waals surface area contributed by atoms with Gasteiger partial charge in [0.05, 0.1) is 17.4 Å². The minimum atomic E-state index is -0.602. The van der Waals surface area contributed by atoms with E-state index in [1.54, 1.807) is 17.9 Å². The fourth-order valence-electron chi connectivity index (χ4n) is 1.56. The Hall–Kier alpha value is -1.60. The second-order valence-electron chi connectivity index (χ2n) is 5.38. The van der Waals surface area contributed by atoms with Crippen LogP contribution in [-0.4, -0.2) is 33.8 Å². The predicted molar refractivity (Wildman–Crippen MR) is 85.2 cm³/mol. The Morgan fingerprint density at radius 3 is 2.86 bits per heavy atom. The molecule has 0 saturated carbocycles. The van der Waals surface area contributed by atoms with E-state index in [0.29, 0.717) is 6.42 Å². The number of hydrogen-bond donors (Lipinski definition) is 0. The Morgan fingerprint density at radius 2 is 2.29 bits per heavy atom. The molecule has 0 aliphatic carbocycles. The maximum Gasteiger partial charge on any atom is 0.331 e. The van der Waals surface area contributed by atoms with Crippen LogP contribution in [0.2, 0.25) is 0 Å². The molecule has 21 heavy (non-hydrogen) atoms. The first-order chi connectivity index (χ1) is 9.94. The van der Waals surface area contributed by atoms with Crippen molar-refractivity contribution in [1.82, 2.24) is 9.97 Å². The molecule has 2 rings (SSSR count). The molecule has 2 aromatic heterocycles. The van der Waals surface area contributed by atoms with Crippen molar-refractivity contribution >= 4 is 34.9 Å². The minimum Gasteiger partial charge on any atom is -0.458 e. The molecule has 1 atom stereocenters. The van der Waals surface area contributed by atoms with E-state index in [0.717, 1.165) is 10.7 Å². The number of nitrogens with zero attached hydrogens (tertiary/aromatic N) is 3. The number of carbonyl (C=O) groups is 1. The van der Waals surface area contributed by atoms with Gasteiger partial charge in [0.1, 0.15) is 10.6 Å². The SMILES string of the molecule is CC(C)(C)OC(=O)C(Cc1cscn1)N=Cc1nccs1. The highest BCUT2D eigenvalue weighted by Gasteiger charge is 2.25. The number of aromatic nitrogens is 2. The summed E-state index contributed by atoms with van der Waals surface area (Å²) in [6.45, 7) is 5.53. The number of aliphatic imine (C=N–C) groups is 1. The zero-order chi connectivity index (χ0) is 15.3. The van der Waals surface area contributed by atoms with Crippen molar-refractivity contribution in [2.75, 3.05) is 0 Å². The molecule has 112 valence electrons. The highest BCUT2D eigenvalue weighted by Crippen LogP contribution is 2.14. The van der Waals surface area contributed by atoms with Crippen LogP contribution in [0.15, 0.2) is 27.5 Å². The molecule has 5 nitrogen and oxygen atoms in total. The van der Waals surface area contributed by atoms with Gasteiger partial charge in [0, 0.05) is 23.4 Å². The number of esters is 1. The van der Waals surface area contributed by atoms with E-state index in [9.17, 15) is 4.79 Å². The third-order valence-electron chi connectivity index (χ3n) is 2.38. The maximum atomic E-state index is 12.3. The number of carbonyl (C=O) groups excluding carboxylic acids is 1. The first-order valence-electron chi connectivity index (χ1n) is 6.46. The number of ether oxygens (including phenoxy) is 1. The van der Waals surface area contributed by atoms with Gasteiger partial charge in [0.2, 0.25) is 0 Å². The van der Waals surface area contributed by atoms with Gasteiger partial charge < -0.3 is 4.74 Å². The van der Waals surface area contributed by atoms with Gasteiger partial charge in [0.25, 0.3) is 0 Å². The van der Waals surface area contributed by atoms with Crippen LogP contribution < -0.4 is 0 Å². The molecule has 0 spiro atoms. The summed E-state index contributed by atoms with van der Waals surface area (Å²) in [7, 11) is 0. The molecular weight excluding hydrogens is 306 g/mol. The van der Waals surface area contributed by atoms with Gasteiger partial charge in [0.15, 0.2) is 6.04 Å². The van der Waals surface area contributed by atoms with Crippen molar-refractivity contribution in [1.29, 1.82) is 0 Å². The standard InChI is InChI=1S/C14H17N3O2S2/c1-14(2,3)19-13(18)11(6-10-8-20-9-17-10)16-7-12-15-4-5-21-12/h4-5,7-9,11H,6H2,1-3H3. The summed E-state index contributed by atoms with van der Waals surface area (Å²) >= 11 is 2.97. The molecule has 0 amide bonds. The van der Waals surface area contributed by atoms with E-state index < -0.39 is 11.6 Å². The Kier molecular flexibility index (Phi) is 5.19. The summed E-state index contributed by atoms with van der Waals surface area (Å²) in [5, 5.41) is 4.54. The van der Waals surface area contributed by atoms with E-state index in [1.807, 2.05) is 31.5 Å². The molecule has 7 heteroatoms. The first kappa shape index (κ1) is 15.8. The van der Waals surface area contributed by atoms with E-state index in [-0.39, 0.29) is 5.97 Å². The molecule has 1 unspecified atom stereocenters. The van der Waals surface area contributed by atoms with Gasteiger partial charge in [-0.3, -0.25) is 4.99 Å². The van der Waals surface area contributed by atoms with Crippen LogP contribution in [0.5, 0.6) is 0 Å². The van der Waals surface area contributed by atoms with Crippen molar-refractivity contribution in [2.45, 2.75) is 38.8 Å². The van der Waals surface area contributed by atoms with Crippen molar-refractivity contribution in [3.05, 3.63) is 33.2 Å². The maximum absolute atomic E-state index is 12.3. The molecule has 0 N–H and O–H groups in total. The number of rotatable bonds is 5. The Morgan fingerprint density at radius 1 is 1.48 bits per heavy atom. The van der Waals surface area contributed by atoms with Gasteiger partial charge in [-0.2, -0.15) is 0 Å². The van der Waals surface area contributed by atoms with Crippen molar-refractivity contribution in [2.24, 2.45) is 4.99 Å². The topological polar surface area (TPSA) is 64.4 Å². The molecule has 0 aliphatic rings. The average Bonchev–Trinajstić information content (AvgIpc) is 3.05. The van der Waals surface area contributed by atoms with E-state index >= 15 is 0 Å². The highest BCUT2D eigenvalue weighted by molar-refractivity contribution is 7.11. The highest BCUT2D eigenvalue weighted by atomic mass is 32.1. The fourth-order valence-corrected chi connectivity index (χ4v) is 2.63. The van der Waals surface area contributed by atoms with Gasteiger partial charge in [-0.25, -0.2) is 14.8 Å². The lowest BCUT2D eigenvalue weighted by Crippen LogP contribution is -2.32. The predicted octanol–water partition coefficient (Wildman–Crippen LogP) is 2.97. The number of thiazole rings is 2. The molecule has 0 saturated heterocycles. The molecule has 0 aliphatic heterocycles. The van der Waals surface area contributed by atoms with Crippen molar-refractivity contribution in [3.63, 3.8) is 0 Å². The van der Waals surface area contributed by atoms with Gasteiger partial charge >= 0.3 is 5.97 Å². The van der Waals surface area contributed by atoms with Crippen LogP contribution in [0.4, 0.5) is 0 Å². The lowest BCUT2D eigenvalue weighted by atomic mass is 10.1. The van der Waals surface area contributed by atoms with Crippen molar-refractivity contribution in [3.8, 4) is 0 Å². The van der Waals surface area contributed by atoms with Crippen LogP contribution in [0.25, 0.3) is 0 Å². The molecule has 0 fully saturated rings. The minimum absolute atomic E-state index is 0.344. The number of hydrogen-bond acceptors (Lipinski definition) is 7. The summed E-state index contributed by atoms with van der Waals surface area (Å²) in [6, 6.07) is -0.602. The third-order valence-corrected chi connectivity index (χ3v) is 3.73. The second-order valence-corrected chi connectivity index (χ2v) is 7.03. The van der Waals surface area contributed by atoms with Crippen LogP contribution in [-0.2, 0) is 16.0 Å². The third kappa shape index (κ3) is 5.35. The molecule has 0 bridgehead atoms. The van der Waals surface area contributed by atoms with E-state index in [4.69, 9.17) is 4.74 Å². The molecule has 0 aromatic carbocycles. The summed E-state index contributed by atoms with van der Waals surface area (Å²) < 4.78 is 5.42. The largest absolute Gasteiger partial charge is 0.458 e. The molecular formula is C14H17N3O2S2. The van der Waals surface area contributed by atoms with Crippen LogP contribution in [0.3, 0.4) is 0 Å². The van der Waals surface area contributed by atoms with Crippen LogP contribution >= 0.6 is 22.7 Å². The Bertz CT molecular complexity index is 586. The summed E-state index contributed by atoms with van der Waals surface area (Å²) in [4.78, 5) is 24.9. The monoisotopic (exact) mass is 323 g/mol. The lowest BCUT2D eigenvalue weighted by Gasteiger charge is -2.22. The lowest BCUT2D eigenvalue weighted by molar-refractivity contribution is -0.156. The van der Waals surface area contributed by atoms with Crippen molar-refractivity contribution < 1.29 is 9.53 Å². The zero-order valence-electron chi connectivity index (χ0n) is 12.1. The summed E-state index contributed by atoms with van der Waals surface area (Å²) in [5.41, 5.74) is 2.05. The molecule has 0 radical (unpaired) electrons. The van der Waals surface area contributed by atoms with Gasteiger partial charge in [-0.05, 0) is 20.8 Å². The quantitative estimate of drug-likeness (QED) is 0.627. The fraction of sp³-hybridized carbons (Fsp3) is 0.429. The van der Waals surface area contributed by atoms with Gasteiger partial charge in [-0.15, -0.1) is 22.7 Å². The van der Waals surface area contributed by atoms with Gasteiger partial charge in [-0.1, -0.05) is 0 Å². The van der Waals surface area contributed by atoms with E-state index in [1.165, 1.54) is 22.7 Å². The molecule has 2 aromatic rings. The Labute approximate surface area is 131 Å². The normalized spacial score (nSPS) is 13.5. The second kappa shape index (κ2) is 6.91. The zero-order valence-corrected chi connectivity index (χ0v) is 13.8. The van der Waals surface area contributed by atoms with E-state index in [2.05, 4.69) is 15.0 Å². The smallest absolute Gasteiger partial charge is 0.331 e. The average molecular weight is 323 g/mol. The Balaban J connectivity index is 2.11. The molecule has 2 heterocycles. The summed E-state index contributed by atoms with van der Waals surface area (Å²) in [5.74, 6) is -0.344. The first-order valence-corrected chi connectivity index (χ1v) is 8.29. The van der Waals surface area contributed by atoms with Crippen LogP contribution in [0, 0.1) is 0 Å². The summed E-state index contributed by atoms with van der Waals surface area (Å²) in [6.07, 6.45) is 3.75. The van der Waals surface area contributed by atoms with Crippen LogP contribution in [0.1, 0.15) is 31.5 Å².